The number of hydrogen-bond acceptors (Lipinski definition) is 6. The van der Waals surface area contributed by atoms with Crippen LogP contribution in [0.5, 0.6) is 0 Å². The highest BCUT2D eigenvalue weighted by atomic mass is 32.2. The molecule has 2 aromatic carbocycles. The average Bonchev–Trinajstić information content (AvgIpc) is 2.68. The number of carbonyl (C=O) groups is 1. The molecule has 0 aliphatic heterocycles. The van der Waals surface area contributed by atoms with Crippen molar-refractivity contribution in [2.24, 2.45) is 11.6 Å². The molecule has 0 bridgehead atoms. The lowest BCUT2D eigenvalue weighted by atomic mass is 10.1. The summed E-state index contributed by atoms with van der Waals surface area (Å²) < 4.78 is 26.8. The van der Waals surface area contributed by atoms with E-state index in [1.54, 1.807) is 54.7 Å². The Labute approximate surface area is 178 Å². The van der Waals surface area contributed by atoms with Crippen molar-refractivity contribution in [3.05, 3.63) is 71.9 Å². The van der Waals surface area contributed by atoms with Gasteiger partial charge in [0, 0.05) is 30.8 Å². The molecule has 0 aliphatic rings. The first kappa shape index (κ1) is 23.4. The smallest absolute Gasteiger partial charge is 0.225 e. The van der Waals surface area contributed by atoms with Crippen LogP contribution in [0.3, 0.4) is 0 Å². The van der Waals surface area contributed by atoms with Crippen LogP contribution in [0.1, 0.15) is 31.4 Å². The van der Waals surface area contributed by atoms with Gasteiger partial charge < -0.3 is 16.1 Å². The third kappa shape index (κ3) is 7.51. The van der Waals surface area contributed by atoms with Crippen molar-refractivity contribution in [3.8, 4) is 0 Å². The van der Waals surface area contributed by atoms with Crippen molar-refractivity contribution in [2.75, 3.05) is 11.9 Å². The second-order valence-corrected chi connectivity index (χ2v) is 8.92. The van der Waals surface area contributed by atoms with Crippen LogP contribution >= 0.6 is 0 Å². The number of benzene rings is 2. The van der Waals surface area contributed by atoms with Gasteiger partial charge >= 0.3 is 0 Å². The first-order valence-electron chi connectivity index (χ1n) is 9.59. The van der Waals surface area contributed by atoms with Crippen molar-refractivity contribution >= 4 is 27.3 Å². The molecule has 8 nitrogen and oxygen atoms in total. The zero-order chi connectivity index (χ0) is 22.1. The van der Waals surface area contributed by atoms with E-state index in [-0.39, 0.29) is 30.7 Å². The lowest BCUT2D eigenvalue weighted by Crippen LogP contribution is -2.33. The van der Waals surface area contributed by atoms with E-state index in [1.807, 2.05) is 19.9 Å². The minimum Gasteiger partial charge on any atom is -0.397 e. The van der Waals surface area contributed by atoms with Gasteiger partial charge in [0.25, 0.3) is 0 Å². The highest BCUT2D eigenvalue weighted by Gasteiger charge is 2.13. The van der Waals surface area contributed by atoms with Crippen molar-refractivity contribution in [1.82, 2.24) is 9.73 Å². The summed E-state index contributed by atoms with van der Waals surface area (Å²) in [5, 5.41) is 4.26. The van der Waals surface area contributed by atoms with Gasteiger partial charge in [-0.2, -0.15) is 0 Å². The number of nitrogens with zero attached hydrogens (tertiary/aromatic N) is 1. The Morgan fingerprint density at radius 1 is 1.10 bits per heavy atom. The normalized spacial score (nSPS) is 12.1. The molecule has 0 aliphatic carbocycles. The number of carbonyl (C=O) groups excluding carboxylic acids is 1. The van der Waals surface area contributed by atoms with Crippen molar-refractivity contribution in [1.29, 1.82) is 0 Å². The fraction of sp³-hybridized carbons (Fsp3) is 0.286. The summed E-state index contributed by atoms with van der Waals surface area (Å²) in [7, 11) is -3.52. The second kappa shape index (κ2) is 10.8. The zero-order valence-corrected chi connectivity index (χ0v) is 18.0. The van der Waals surface area contributed by atoms with Crippen molar-refractivity contribution in [3.63, 3.8) is 0 Å². The van der Waals surface area contributed by atoms with Gasteiger partial charge in [0.1, 0.15) is 0 Å². The lowest BCUT2D eigenvalue weighted by Gasteiger charge is -2.20. The number of nitrogens with two attached hydrogens (primary N) is 2. The zero-order valence-electron chi connectivity index (χ0n) is 17.2. The highest BCUT2D eigenvalue weighted by molar-refractivity contribution is 7.88. The van der Waals surface area contributed by atoms with Gasteiger partial charge in [0.15, 0.2) is 0 Å². The number of para-hydroxylation sites is 1. The molecule has 162 valence electrons. The Kier molecular flexibility index (Phi) is 8.40. The molecule has 1 amide bonds. The summed E-state index contributed by atoms with van der Waals surface area (Å²) in [6.45, 7) is 3.85. The molecule has 30 heavy (non-hydrogen) atoms. The Bertz CT molecular complexity index is 975. The second-order valence-electron chi connectivity index (χ2n) is 7.11. The maximum absolute atomic E-state index is 12.3. The number of amides is 1. The summed E-state index contributed by atoms with van der Waals surface area (Å²) in [4.78, 5) is 12.3. The summed E-state index contributed by atoms with van der Waals surface area (Å²) in [5.74, 6) is 5.43. The Morgan fingerprint density at radius 2 is 1.73 bits per heavy atom. The fourth-order valence-electron chi connectivity index (χ4n) is 2.60. The van der Waals surface area contributed by atoms with E-state index in [0.717, 1.165) is 0 Å². The number of nitrogens with one attached hydrogen (secondary N) is 2. The van der Waals surface area contributed by atoms with E-state index in [2.05, 4.69) is 10.0 Å². The van der Waals surface area contributed by atoms with Crippen LogP contribution in [-0.4, -0.2) is 31.9 Å². The Morgan fingerprint density at radius 3 is 2.40 bits per heavy atom. The van der Waals surface area contributed by atoms with Crippen LogP contribution in [0, 0.1) is 0 Å². The Hall–Kier alpha value is -2.88. The van der Waals surface area contributed by atoms with E-state index >= 15 is 0 Å². The summed E-state index contributed by atoms with van der Waals surface area (Å²) in [5.41, 5.74) is 8.39. The largest absolute Gasteiger partial charge is 0.397 e. The molecule has 2 rings (SSSR count). The van der Waals surface area contributed by atoms with Gasteiger partial charge in [-0.15, -0.1) is 0 Å². The molecule has 6 N–H and O–H groups in total. The summed E-state index contributed by atoms with van der Waals surface area (Å²) >= 11 is 0. The van der Waals surface area contributed by atoms with Crippen LogP contribution in [0.15, 0.2) is 60.8 Å². The van der Waals surface area contributed by atoms with Gasteiger partial charge in [-0.3, -0.25) is 4.79 Å². The number of sulfonamides is 1. The molecule has 0 radical (unpaired) electrons. The topological polar surface area (TPSA) is 131 Å². The maximum Gasteiger partial charge on any atom is 0.225 e. The lowest BCUT2D eigenvalue weighted by molar-refractivity contribution is -0.116. The predicted octanol–water partition coefficient (Wildman–Crippen LogP) is 1.98. The summed E-state index contributed by atoms with van der Waals surface area (Å²) in [6, 6.07) is 16.0. The SMILES string of the molecule is CC(C)N(N)/C=C(\N)c1ccccc1NC(=O)CCNS(=O)(=O)Cc1ccccc1. The predicted molar refractivity (Wildman–Crippen MR) is 120 cm³/mol. The van der Waals surface area contributed by atoms with E-state index < -0.39 is 10.0 Å². The fourth-order valence-corrected chi connectivity index (χ4v) is 3.75. The molecule has 0 heterocycles. The molecule has 0 unspecified atom stereocenters. The molecule has 0 saturated heterocycles. The molecule has 0 fully saturated rings. The molecule has 0 atom stereocenters. The van der Waals surface area contributed by atoms with E-state index in [0.29, 0.717) is 22.5 Å². The molecule has 2 aromatic rings. The monoisotopic (exact) mass is 431 g/mol. The van der Waals surface area contributed by atoms with Gasteiger partial charge in [0.2, 0.25) is 15.9 Å². The van der Waals surface area contributed by atoms with Crippen LogP contribution in [0.4, 0.5) is 5.69 Å². The molecule has 0 saturated carbocycles. The third-order valence-corrected chi connectivity index (χ3v) is 5.63. The van der Waals surface area contributed by atoms with Gasteiger partial charge in [-0.05, 0) is 25.5 Å². The standard InChI is InChI=1S/C21H29N5O3S/c1-16(2)26(23)14-19(22)18-10-6-7-11-20(18)25-21(27)12-13-24-30(28,29)15-17-8-4-3-5-9-17/h3-11,14,16,24H,12-13,15,22-23H2,1-2H3,(H,25,27)/b19-14-. The minimum atomic E-state index is -3.52. The van der Waals surface area contributed by atoms with Gasteiger partial charge in [-0.1, -0.05) is 48.5 Å². The molecule has 0 spiro atoms. The number of anilines is 1. The first-order valence-corrected chi connectivity index (χ1v) is 11.2. The number of hydrazine groups is 1. The summed E-state index contributed by atoms with van der Waals surface area (Å²) in [6.07, 6.45) is 1.59. The van der Waals surface area contributed by atoms with E-state index in [1.165, 1.54) is 5.01 Å². The molecular weight excluding hydrogens is 402 g/mol. The molecule has 9 heteroatoms. The first-order chi connectivity index (χ1) is 14.2. The average molecular weight is 432 g/mol. The Balaban J connectivity index is 1.94. The van der Waals surface area contributed by atoms with Crippen LogP contribution < -0.4 is 21.6 Å². The minimum absolute atomic E-state index is 0.00157. The van der Waals surface area contributed by atoms with Gasteiger partial charge in [-0.25, -0.2) is 19.0 Å². The highest BCUT2D eigenvalue weighted by Crippen LogP contribution is 2.21. The molecular formula is C21H29N5O3S. The molecule has 0 aromatic heterocycles. The maximum atomic E-state index is 12.3. The quantitative estimate of drug-likeness (QED) is 0.336. The van der Waals surface area contributed by atoms with Crippen molar-refractivity contribution < 1.29 is 13.2 Å². The van der Waals surface area contributed by atoms with E-state index in [9.17, 15) is 13.2 Å². The third-order valence-electron chi connectivity index (χ3n) is 4.27. The van der Waals surface area contributed by atoms with E-state index in [4.69, 9.17) is 11.6 Å². The van der Waals surface area contributed by atoms with Crippen molar-refractivity contribution in [2.45, 2.75) is 32.1 Å². The number of rotatable bonds is 10. The van der Waals surface area contributed by atoms with Crippen LogP contribution in [0.25, 0.3) is 5.70 Å². The van der Waals surface area contributed by atoms with Crippen LogP contribution in [-0.2, 0) is 20.6 Å². The van der Waals surface area contributed by atoms with Crippen LogP contribution in [0.2, 0.25) is 0 Å². The number of hydrogen-bond donors (Lipinski definition) is 4. The van der Waals surface area contributed by atoms with Gasteiger partial charge in [0.05, 0.1) is 17.1 Å².